The van der Waals surface area contributed by atoms with Gasteiger partial charge in [-0.3, -0.25) is 24.6 Å². The van der Waals surface area contributed by atoms with Crippen LogP contribution in [0.3, 0.4) is 0 Å². The number of ether oxygens (including phenoxy) is 1. The Hall–Kier alpha value is -3.92. The standard InChI is InChI=1S/C22H23N5O5/c1-32-16-6-7-18(20(13-16)27(30)31)24-21(28)14-25-8-10-26(11-9-25)22(29)19-12-15-4-2-3-5-17(15)23-19/h2-7,12-13,23H,8-11,14H2,1H3,(H,24,28). The summed E-state index contributed by atoms with van der Waals surface area (Å²) >= 11 is 0. The Balaban J connectivity index is 1.32. The van der Waals surface area contributed by atoms with Gasteiger partial charge in [0.1, 0.15) is 17.1 Å². The molecule has 32 heavy (non-hydrogen) atoms. The van der Waals surface area contributed by atoms with Gasteiger partial charge in [-0.2, -0.15) is 0 Å². The van der Waals surface area contributed by atoms with Gasteiger partial charge in [0.2, 0.25) is 5.91 Å². The van der Waals surface area contributed by atoms with E-state index in [1.165, 1.54) is 19.2 Å². The SMILES string of the molecule is COc1ccc(NC(=O)CN2CCN(C(=O)c3cc4ccccc4[nH]3)CC2)c([N+](=O)[O-])c1. The Morgan fingerprint density at radius 2 is 1.88 bits per heavy atom. The van der Waals surface area contributed by atoms with E-state index in [0.29, 0.717) is 37.6 Å². The third kappa shape index (κ3) is 4.54. The van der Waals surface area contributed by atoms with Crippen LogP contribution >= 0.6 is 0 Å². The zero-order valence-corrected chi connectivity index (χ0v) is 17.5. The summed E-state index contributed by atoms with van der Waals surface area (Å²) < 4.78 is 5.01. The summed E-state index contributed by atoms with van der Waals surface area (Å²) in [5, 5.41) is 14.9. The predicted molar refractivity (Wildman–Crippen MR) is 119 cm³/mol. The number of H-pyrrole nitrogens is 1. The molecule has 0 radical (unpaired) electrons. The largest absolute Gasteiger partial charge is 0.496 e. The minimum Gasteiger partial charge on any atom is -0.496 e. The summed E-state index contributed by atoms with van der Waals surface area (Å²) in [6.45, 7) is 2.13. The van der Waals surface area contributed by atoms with Gasteiger partial charge in [-0.15, -0.1) is 0 Å². The number of carbonyl (C=O) groups excluding carboxylic acids is 2. The van der Waals surface area contributed by atoms with Crippen molar-refractivity contribution >= 4 is 34.1 Å². The third-order valence-corrected chi connectivity index (χ3v) is 5.46. The second-order valence-electron chi connectivity index (χ2n) is 7.53. The van der Waals surface area contributed by atoms with Gasteiger partial charge in [0.15, 0.2) is 0 Å². The molecule has 4 rings (SSSR count). The number of hydrogen-bond acceptors (Lipinski definition) is 6. The van der Waals surface area contributed by atoms with Gasteiger partial charge in [-0.1, -0.05) is 18.2 Å². The quantitative estimate of drug-likeness (QED) is 0.451. The van der Waals surface area contributed by atoms with E-state index in [1.807, 2.05) is 35.2 Å². The zero-order chi connectivity index (χ0) is 22.7. The van der Waals surface area contributed by atoms with Crippen LogP contribution < -0.4 is 10.1 Å². The molecule has 3 aromatic rings. The van der Waals surface area contributed by atoms with Crippen LogP contribution in [0.25, 0.3) is 10.9 Å². The van der Waals surface area contributed by atoms with Crippen LogP contribution in [-0.2, 0) is 4.79 Å². The van der Waals surface area contributed by atoms with Crippen LogP contribution in [0.5, 0.6) is 5.75 Å². The second kappa shape index (κ2) is 9.06. The van der Waals surface area contributed by atoms with E-state index < -0.39 is 4.92 Å². The van der Waals surface area contributed by atoms with E-state index in [4.69, 9.17) is 4.74 Å². The van der Waals surface area contributed by atoms with Crippen LogP contribution in [-0.4, -0.2) is 71.4 Å². The smallest absolute Gasteiger partial charge is 0.296 e. The number of rotatable bonds is 6. The molecule has 2 aromatic carbocycles. The number of hydrogen-bond donors (Lipinski definition) is 2. The van der Waals surface area contributed by atoms with E-state index in [-0.39, 0.29) is 29.7 Å². The van der Waals surface area contributed by atoms with Gasteiger partial charge < -0.3 is 19.9 Å². The second-order valence-corrected chi connectivity index (χ2v) is 7.53. The highest BCUT2D eigenvalue weighted by Crippen LogP contribution is 2.29. The van der Waals surface area contributed by atoms with Crippen molar-refractivity contribution in [3.63, 3.8) is 0 Å². The lowest BCUT2D eigenvalue weighted by Gasteiger charge is -2.34. The molecule has 2 N–H and O–H groups in total. The fourth-order valence-corrected chi connectivity index (χ4v) is 3.76. The summed E-state index contributed by atoms with van der Waals surface area (Å²) in [4.78, 5) is 42.8. The first-order chi connectivity index (χ1) is 15.4. The van der Waals surface area contributed by atoms with Crippen LogP contribution in [0.2, 0.25) is 0 Å². The molecule has 10 nitrogen and oxygen atoms in total. The van der Waals surface area contributed by atoms with Gasteiger partial charge in [0.05, 0.1) is 24.6 Å². The van der Waals surface area contributed by atoms with Crippen molar-refractivity contribution in [2.45, 2.75) is 0 Å². The summed E-state index contributed by atoms with van der Waals surface area (Å²) in [6.07, 6.45) is 0. The molecule has 166 valence electrons. The maximum absolute atomic E-state index is 12.8. The van der Waals surface area contributed by atoms with E-state index in [9.17, 15) is 19.7 Å². The first kappa shape index (κ1) is 21.3. The number of anilines is 1. The van der Waals surface area contributed by atoms with E-state index in [0.717, 1.165) is 10.9 Å². The number of aromatic amines is 1. The molecular weight excluding hydrogens is 414 g/mol. The van der Waals surface area contributed by atoms with Crippen molar-refractivity contribution in [3.8, 4) is 5.75 Å². The Morgan fingerprint density at radius 1 is 1.12 bits per heavy atom. The molecule has 10 heteroatoms. The van der Waals surface area contributed by atoms with Gasteiger partial charge >= 0.3 is 0 Å². The van der Waals surface area contributed by atoms with Crippen LogP contribution in [0.15, 0.2) is 48.5 Å². The van der Waals surface area contributed by atoms with Gasteiger partial charge in [0, 0.05) is 37.1 Å². The molecule has 2 amide bonds. The number of benzene rings is 2. The molecule has 1 aliphatic heterocycles. The molecule has 0 unspecified atom stereocenters. The molecule has 0 spiro atoms. The molecule has 0 aliphatic carbocycles. The number of nitrogens with zero attached hydrogens (tertiary/aromatic N) is 3. The van der Waals surface area contributed by atoms with Crippen molar-refractivity contribution in [2.75, 3.05) is 45.2 Å². The van der Waals surface area contributed by atoms with Crippen LogP contribution in [0, 0.1) is 10.1 Å². The van der Waals surface area contributed by atoms with E-state index in [2.05, 4.69) is 10.3 Å². The van der Waals surface area contributed by atoms with Crippen molar-refractivity contribution in [1.82, 2.24) is 14.8 Å². The summed E-state index contributed by atoms with van der Waals surface area (Å²) in [6, 6.07) is 13.8. The van der Waals surface area contributed by atoms with E-state index >= 15 is 0 Å². The molecule has 1 aromatic heterocycles. The third-order valence-electron chi connectivity index (χ3n) is 5.46. The highest BCUT2D eigenvalue weighted by atomic mass is 16.6. The number of carbonyl (C=O) groups is 2. The van der Waals surface area contributed by atoms with Gasteiger partial charge in [-0.25, -0.2) is 0 Å². The number of methoxy groups -OCH3 is 1. The lowest BCUT2D eigenvalue weighted by molar-refractivity contribution is -0.384. The zero-order valence-electron chi connectivity index (χ0n) is 17.5. The normalized spacial score (nSPS) is 14.3. The summed E-state index contributed by atoms with van der Waals surface area (Å²) in [5.74, 6) is -0.0849. The number of para-hydroxylation sites is 1. The lowest BCUT2D eigenvalue weighted by Crippen LogP contribution is -2.50. The van der Waals surface area contributed by atoms with Crippen molar-refractivity contribution in [2.24, 2.45) is 0 Å². The number of fused-ring (bicyclic) bond motifs is 1. The molecule has 1 aliphatic rings. The Bertz CT molecular complexity index is 1130. The van der Waals surface area contributed by atoms with Crippen molar-refractivity contribution in [3.05, 3.63) is 64.3 Å². The number of aromatic nitrogens is 1. The monoisotopic (exact) mass is 437 g/mol. The van der Waals surface area contributed by atoms with Gasteiger partial charge in [0.25, 0.3) is 11.6 Å². The average molecular weight is 437 g/mol. The Kier molecular flexibility index (Phi) is 6.04. The molecule has 0 saturated carbocycles. The molecule has 2 heterocycles. The van der Waals surface area contributed by atoms with Crippen LogP contribution in [0.1, 0.15) is 10.5 Å². The summed E-state index contributed by atoms with van der Waals surface area (Å²) in [7, 11) is 1.42. The first-order valence-corrected chi connectivity index (χ1v) is 10.2. The maximum Gasteiger partial charge on any atom is 0.296 e. The highest BCUT2D eigenvalue weighted by Gasteiger charge is 2.25. The first-order valence-electron chi connectivity index (χ1n) is 10.2. The maximum atomic E-state index is 12.8. The van der Waals surface area contributed by atoms with Crippen molar-refractivity contribution < 1.29 is 19.2 Å². The number of piperazine rings is 1. The molecule has 0 atom stereocenters. The highest BCUT2D eigenvalue weighted by molar-refractivity contribution is 5.98. The number of nitro groups is 1. The molecule has 1 saturated heterocycles. The number of amides is 2. The van der Waals surface area contributed by atoms with Gasteiger partial charge in [-0.05, 0) is 24.3 Å². The summed E-state index contributed by atoms with van der Waals surface area (Å²) in [5.41, 5.74) is 1.35. The predicted octanol–water partition coefficient (Wildman–Crippen LogP) is 2.48. The number of nitro benzene ring substituents is 1. The lowest BCUT2D eigenvalue weighted by atomic mass is 10.2. The molecule has 0 bridgehead atoms. The minimum absolute atomic E-state index is 0.0702. The molecular formula is C22H23N5O5. The number of nitrogens with one attached hydrogen (secondary N) is 2. The molecule has 1 fully saturated rings. The minimum atomic E-state index is -0.563. The van der Waals surface area contributed by atoms with E-state index in [1.54, 1.807) is 11.0 Å². The average Bonchev–Trinajstić information content (AvgIpc) is 3.23. The Labute approximate surface area is 183 Å². The van der Waals surface area contributed by atoms with Crippen molar-refractivity contribution in [1.29, 1.82) is 0 Å². The Morgan fingerprint density at radius 3 is 2.56 bits per heavy atom. The van der Waals surface area contributed by atoms with Crippen LogP contribution in [0.4, 0.5) is 11.4 Å². The fraction of sp³-hybridized carbons (Fsp3) is 0.273. The fourth-order valence-electron chi connectivity index (χ4n) is 3.76. The topological polar surface area (TPSA) is 121 Å².